The van der Waals surface area contributed by atoms with Crippen LogP contribution < -0.4 is 15.7 Å². The van der Waals surface area contributed by atoms with Crippen LogP contribution in [0.25, 0.3) is 0 Å². The van der Waals surface area contributed by atoms with Crippen molar-refractivity contribution in [3.05, 3.63) is 30.3 Å². The Bertz CT molecular complexity index is 669. The zero-order valence-electron chi connectivity index (χ0n) is 14.9. The third-order valence-electron chi connectivity index (χ3n) is 6.14. The number of anilines is 1. The number of nitrogens with one attached hydrogen (secondary N) is 2. The highest BCUT2D eigenvalue weighted by Crippen LogP contribution is 2.52. The zero-order valence-corrected chi connectivity index (χ0v) is 14.9. The van der Waals surface area contributed by atoms with Crippen molar-refractivity contribution in [2.45, 2.75) is 25.3 Å². The maximum atomic E-state index is 13.0. The molecule has 7 heteroatoms. The van der Waals surface area contributed by atoms with Crippen LogP contribution in [0.1, 0.15) is 19.3 Å². The molecule has 4 rings (SSSR count). The van der Waals surface area contributed by atoms with E-state index in [1.54, 1.807) is 5.48 Å². The summed E-state index contributed by atoms with van der Waals surface area (Å²) in [5.74, 6) is -0.984. The van der Waals surface area contributed by atoms with Gasteiger partial charge < -0.3 is 15.1 Å². The Morgan fingerprint density at radius 2 is 1.81 bits per heavy atom. The molecule has 1 saturated carbocycles. The highest BCUT2D eigenvalue weighted by molar-refractivity contribution is 5.90. The summed E-state index contributed by atoms with van der Waals surface area (Å²) >= 11 is 0. The van der Waals surface area contributed by atoms with Crippen LogP contribution in [0.5, 0.6) is 0 Å². The highest BCUT2D eigenvalue weighted by Gasteiger charge is 2.52. The first-order valence-electron chi connectivity index (χ1n) is 9.38. The Hall–Kier alpha value is -2.12. The average molecular weight is 358 g/mol. The number of hydrogen-bond acceptors (Lipinski definition) is 5. The Balaban J connectivity index is 1.40. The molecule has 2 aliphatic heterocycles. The molecule has 1 aromatic carbocycles. The SMILES string of the molecule is O=C(NO)C1CC2(CC2)CNC1C(=O)N1CCN(c2ccccc2)CC1. The van der Waals surface area contributed by atoms with Gasteiger partial charge in [0.15, 0.2) is 0 Å². The summed E-state index contributed by atoms with van der Waals surface area (Å²) in [5.41, 5.74) is 3.08. The molecule has 2 heterocycles. The van der Waals surface area contributed by atoms with Gasteiger partial charge in [0.25, 0.3) is 0 Å². The first kappa shape index (κ1) is 17.3. The second-order valence-corrected chi connectivity index (χ2v) is 7.79. The molecule has 2 atom stereocenters. The van der Waals surface area contributed by atoms with Gasteiger partial charge >= 0.3 is 0 Å². The van der Waals surface area contributed by atoms with Gasteiger partial charge in [-0.3, -0.25) is 14.8 Å². The molecule has 140 valence electrons. The van der Waals surface area contributed by atoms with Crippen molar-refractivity contribution in [1.82, 2.24) is 15.7 Å². The van der Waals surface area contributed by atoms with Gasteiger partial charge in [-0.2, -0.15) is 0 Å². The van der Waals surface area contributed by atoms with Crippen LogP contribution in [-0.4, -0.2) is 60.7 Å². The van der Waals surface area contributed by atoms with Crippen molar-refractivity contribution in [3.63, 3.8) is 0 Å². The van der Waals surface area contributed by atoms with Gasteiger partial charge in [-0.15, -0.1) is 0 Å². The summed E-state index contributed by atoms with van der Waals surface area (Å²) in [5, 5.41) is 12.4. The third kappa shape index (κ3) is 3.29. The number of piperazine rings is 1. The minimum Gasteiger partial charge on any atom is -0.368 e. The number of hydroxylamine groups is 1. The smallest absolute Gasteiger partial charge is 0.248 e. The minimum atomic E-state index is -0.545. The number of rotatable bonds is 3. The van der Waals surface area contributed by atoms with E-state index in [4.69, 9.17) is 5.21 Å². The summed E-state index contributed by atoms with van der Waals surface area (Å²) in [7, 11) is 0. The van der Waals surface area contributed by atoms with E-state index >= 15 is 0 Å². The second kappa shape index (κ2) is 6.89. The van der Waals surface area contributed by atoms with E-state index in [0.29, 0.717) is 19.5 Å². The molecule has 3 fully saturated rings. The normalized spacial score (nSPS) is 27.3. The average Bonchev–Trinajstić information content (AvgIpc) is 3.46. The molecule has 7 nitrogen and oxygen atoms in total. The summed E-state index contributed by atoms with van der Waals surface area (Å²) in [6.07, 6.45) is 2.85. The molecule has 2 amide bonds. The van der Waals surface area contributed by atoms with Crippen molar-refractivity contribution in [2.24, 2.45) is 11.3 Å². The van der Waals surface area contributed by atoms with E-state index in [1.807, 2.05) is 23.1 Å². The molecule has 0 aromatic heterocycles. The summed E-state index contributed by atoms with van der Waals surface area (Å²) in [6, 6.07) is 9.65. The molecule has 2 unspecified atom stereocenters. The zero-order chi connectivity index (χ0) is 18.1. The van der Waals surface area contributed by atoms with E-state index in [2.05, 4.69) is 22.3 Å². The van der Waals surface area contributed by atoms with Crippen molar-refractivity contribution in [3.8, 4) is 0 Å². The number of carbonyl (C=O) groups excluding carboxylic acids is 2. The van der Waals surface area contributed by atoms with Crippen molar-refractivity contribution in [1.29, 1.82) is 0 Å². The van der Waals surface area contributed by atoms with Gasteiger partial charge in [0.05, 0.1) is 12.0 Å². The number of amides is 2. The first-order valence-corrected chi connectivity index (χ1v) is 9.38. The van der Waals surface area contributed by atoms with E-state index < -0.39 is 17.9 Å². The summed E-state index contributed by atoms with van der Waals surface area (Å²) in [6.45, 7) is 3.63. The molecule has 0 radical (unpaired) electrons. The molecular weight excluding hydrogens is 332 g/mol. The molecular formula is C19H26N4O3. The quantitative estimate of drug-likeness (QED) is 0.544. The topological polar surface area (TPSA) is 84.9 Å². The highest BCUT2D eigenvalue weighted by atomic mass is 16.5. The Labute approximate surface area is 153 Å². The van der Waals surface area contributed by atoms with Crippen LogP contribution in [0.2, 0.25) is 0 Å². The lowest BCUT2D eigenvalue weighted by Gasteiger charge is -2.41. The molecule has 2 saturated heterocycles. The van der Waals surface area contributed by atoms with E-state index in [1.165, 1.54) is 5.69 Å². The van der Waals surface area contributed by atoms with Crippen molar-refractivity contribution < 1.29 is 14.8 Å². The lowest BCUT2D eigenvalue weighted by Crippen LogP contribution is -2.61. The van der Waals surface area contributed by atoms with Crippen LogP contribution in [0, 0.1) is 11.3 Å². The van der Waals surface area contributed by atoms with Gasteiger partial charge in [0.2, 0.25) is 11.8 Å². The molecule has 1 aliphatic carbocycles. The number of hydrogen-bond donors (Lipinski definition) is 3. The predicted molar refractivity (Wildman–Crippen MR) is 96.7 cm³/mol. The van der Waals surface area contributed by atoms with Crippen LogP contribution in [-0.2, 0) is 9.59 Å². The Morgan fingerprint density at radius 3 is 2.42 bits per heavy atom. The number of nitrogens with zero attached hydrogens (tertiary/aromatic N) is 2. The Kier molecular flexibility index (Phi) is 4.58. The van der Waals surface area contributed by atoms with Crippen molar-refractivity contribution >= 4 is 17.5 Å². The fraction of sp³-hybridized carbons (Fsp3) is 0.579. The lowest BCUT2D eigenvalue weighted by molar-refractivity contribution is -0.145. The predicted octanol–water partition coefficient (Wildman–Crippen LogP) is 0.599. The van der Waals surface area contributed by atoms with Crippen LogP contribution >= 0.6 is 0 Å². The number of piperidine rings is 1. The van der Waals surface area contributed by atoms with Gasteiger partial charge in [-0.1, -0.05) is 18.2 Å². The maximum absolute atomic E-state index is 13.0. The van der Waals surface area contributed by atoms with Crippen LogP contribution in [0.15, 0.2) is 30.3 Å². The number of benzene rings is 1. The molecule has 0 bridgehead atoms. The van der Waals surface area contributed by atoms with Crippen LogP contribution in [0.3, 0.4) is 0 Å². The monoisotopic (exact) mass is 358 g/mol. The standard InChI is InChI=1S/C19H26N4O3/c24-17(21-26)15-12-19(6-7-19)13-20-16(15)18(25)23-10-8-22(9-11-23)14-4-2-1-3-5-14/h1-5,15-16,20,26H,6-13H2,(H,21,24). The second-order valence-electron chi connectivity index (χ2n) is 7.79. The Morgan fingerprint density at radius 1 is 1.12 bits per heavy atom. The third-order valence-corrected chi connectivity index (χ3v) is 6.14. The summed E-state index contributed by atoms with van der Waals surface area (Å²) < 4.78 is 0. The fourth-order valence-corrected chi connectivity index (χ4v) is 4.29. The largest absolute Gasteiger partial charge is 0.368 e. The van der Waals surface area contributed by atoms with Gasteiger partial charge in [-0.05, 0) is 36.8 Å². The van der Waals surface area contributed by atoms with Crippen molar-refractivity contribution in [2.75, 3.05) is 37.6 Å². The van der Waals surface area contributed by atoms with Gasteiger partial charge in [-0.25, -0.2) is 5.48 Å². The number of carbonyl (C=O) groups is 2. The molecule has 3 N–H and O–H groups in total. The van der Waals surface area contributed by atoms with Crippen LogP contribution in [0.4, 0.5) is 5.69 Å². The molecule has 1 aromatic rings. The number of para-hydroxylation sites is 1. The summed E-state index contributed by atoms with van der Waals surface area (Å²) in [4.78, 5) is 29.3. The van der Waals surface area contributed by atoms with E-state index in [-0.39, 0.29) is 11.3 Å². The molecule has 26 heavy (non-hydrogen) atoms. The van der Waals surface area contributed by atoms with E-state index in [9.17, 15) is 9.59 Å². The van der Waals surface area contributed by atoms with Gasteiger partial charge in [0, 0.05) is 38.4 Å². The molecule has 3 aliphatic rings. The lowest BCUT2D eigenvalue weighted by atomic mass is 9.81. The molecule has 1 spiro atoms. The fourth-order valence-electron chi connectivity index (χ4n) is 4.29. The minimum absolute atomic E-state index is 0.0261. The first-order chi connectivity index (χ1) is 12.6. The van der Waals surface area contributed by atoms with Gasteiger partial charge in [0.1, 0.15) is 0 Å². The van der Waals surface area contributed by atoms with E-state index in [0.717, 1.165) is 32.5 Å². The maximum Gasteiger partial charge on any atom is 0.248 e.